The second-order valence-corrected chi connectivity index (χ2v) is 5.73. The first-order valence-corrected chi connectivity index (χ1v) is 7.23. The highest BCUT2D eigenvalue weighted by Crippen LogP contribution is 2.10. The van der Waals surface area contributed by atoms with Gasteiger partial charge in [-0.2, -0.15) is 0 Å². The minimum Gasteiger partial charge on any atom is -0.339 e. The van der Waals surface area contributed by atoms with Crippen molar-refractivity contribution in [1.29, 1.82) is 0 Å². The van der Waals surface area contributed by atoms with E-state index in [1.54, 1.807) is 6.20 Å². The Morgan fingerprint density at radius 3 is 2.60 bits per heavy atom. The van der Waals surface area contributed by atoms with Gasteiger partial charge in [-0.3, -0.25) is 14.7 Å². The van der Waals surface area contributed by atoms with Gasteiger partial charge in [0.05, 0.1) is 6.04 Å². The van der Waals surface area contributed by atoms with E-state index in [2.05, 4.69) is 16.0 Å². The van der Waals surface area contributed by atoms with Gasteiger partial charge in [0.25, 0.3) is 0 Å². The maximum absolute atomic E-state index is 12.2. The summed E-state index contributed by atoms with van der Waals surface area (Å²) in [6, 6.07) is 3.66. The number of rotatable bonds is 4. The first kappa shape index (κ1) is 14.9. The van der Waals surface area contributed by atoms with E-state index in [1.807, 2.05) is 31.0 Å². The van der Waals surface area contributed by atoms with Crippen LogP contribution in [0.25, 0.3) is 0 Å². The topological polar surface area (TPSA) is 62.5 Å². The highest BCUT2D eigenvalue weighted by atomic mass is 16.2. The Hall–Kier alpha value is -1.46. The molecule has 0 aliphatic carbocycles. The Kier molecular flexibility index (Phi) is 5.09. The molecule has 0 bridgehead atoms. The molecule has 1 aromatic heterocycles. The van der Waals surface area contributed by atoms with Gasteiger partial charge in [0.2, 0.25) is 5.91 Å². The Balaban J connectivity index is 1.82. The molecule has 1 aromatic rings. The molecule has 2 N–H and O–H groups in total. The minimum absolute atomic E-state index is 0.0843. The van der Waals surface area contributed by atoms with E-state index in [4.69, 9.17) is 5.73 Å². The Morgan fingerprint density at radius 2 is 2.05 bits per heavy atom. The van der Waals surface area contributed by atoms with Crippen LogP contribution in [-0.4, -0.2) is 52.9 Å². The number of hydrogen-bond donors (Lipinski definition) is 1. The minimum atomic E-state index is -0.375. The Morgan fingerprint density at radius 1 is 1.35 bits per heavy atom. The fourth-order valence-electron chi connectivity index (χ4n) is 2.37. The maximum atomic E-state index is 12.2. The summed E-state index contributed by atoms with van der Waals surface area (Å²) in [5.74, 6) is 0.275. The standard InChI is InChI=1S/C15H24N4O/c1-12(2)14(16)15(20)19-8-6-18(7-9-19)11-13-4-3-5-17-10-13/h3-5,10,12,14H,6-9,11,16H2,1-2H3. The predicted molar refractivity (Wildman–Crippen MR) is 78.9 cm³/mol. The van der Waals surface area contributed by atoms with E-state index >= 15 is 0 Å². The highest BCUT2D eigenvalue weighted by Gasteiger charge is 2.26. The molecule has 20 heavy (non-hydrogen) atoms. The van der Waals surface area contributed by atoms with Crippen LogP contribution in [0.4, 0.5) is 0 Å². The van der Waals surface area contributed by atoms with Crippen molar-refractivity contribution in [2.24, 2.45) is 11.7 Å². The van der Waals surface area contributed by atoms with E-state index in [1.165, 1.54) is 5.56 Å². The molecule has 0 saturated carbocycles. The van der Waals surface area contributed by atoms with Crippen LogP contribution in [0.1, 0.15) is 19.4 Å². The fraction of sp³-hybridized carbons (Fsp3) is 0.600. The van der Waals surface area contributed by atoms with Gasteiger partial charge in [-0.05, 0) is 17.5 Å². The zero-order valence-electron chi connectivity index (χ0n) is 12.3. The van der Waals surface area contributed by atoms with Crippen LogP contribution in [0.15, 0.2) is 24.5 Å². The number of amides is 1. The summed E-state index contributed by atoms with van der Waals surface area (Å²) >= 11 is 0. The van der Waals surface area contributed by atoms with E-state index in [0.29, 0.717) is 0 Å². The van der Waals surface area contributed by atoms with Crippen LogP contribution < -0.4 is 5.73 Å². The van der Waals surface area contributed by atoms with Crippen molar-refractivity contribution < 1.29 is 4.79 Å². The first-order valence-electron chi connectivity index (χ1n) is 7.23. The van der Waals surface area contributed by atoms with E-state index in [-0.39, 0.29) is 17.9 Å². The number of piperazine rings is 1. The molecule has 0 aromatic carbocycles. The van der Waals surface area contributed by atoms with E-state index in [9.17, 15) is 4.79 Å². The number of carbonyl (C=O) groups is 1. The zero-order chi connectivity index (χ0) is 14.5. The third kappa shape index (κ3) is 3.77. The molecule has 0 spiro atoms. The van der Waals surface area contributed by atoms with Crippen LogP contribution in [0, 0.1) is 5.92 Å². The van der Waals surface area contributed by atoms with Crippen LogP contribution >= 0.6 is 0 Å². The number of nitrogens with zero attached hydrogens (tertiary/aromatic N) is 3. The van der Waals surface area contributed by atoms with Crippen molar-refractivity contribution in [3.8, 4) is 0 Å². The normalized spacial score (nSPS) is 18.3. The molecule has 1 unspecified atom stereocenters. The molecule has 1 fully saturated rings. The molecule has 2 heterocycles. The van der Waals surface area contributed by atoms with Gasteiger partial charge < -0.3 is 10.6 Å². The van der Waals surface area contributed by atoms with Gasteiger partial charge >= 0.3 is 0 Å². The lowest BCUT2D eigenvalue weighted by atomic mass is 10.0. The van der Waals surface area contributed by atoms with Crippen LogP contribution in [0.2, 0.25) is 0 Å². The molecular weight excluding hydrogens is 252 g/mol. The van der Waals surface area contributed by atoms with Gasteiger partial charge in [-0.25, -0.2) is 0 Å². The van der Waals surface area contributed by atoms with Crippen molar-refractivity contribution in [2.75, 3.05) is 26.2 Å². The smallest absolute Gasteiger partial charge is 0.239 e. The predicted octanol–water partition coefficient (Wildman–Crippen LogP) is 0.709. The molecule has 1 amide bonds. The van der Waals surface area contributed by atoms with E-state index in [0.717, 1.165) is 32.7 Å². The summed E-state index contributed by atoms with van der Waals surface area (Å²) in [5, 5.41) is 0. The summed E-state index contributed by atoms with van der Waals surface area (Å²) < 4.78 is 0. The lowest BCUT2D eigenvalue weighted by molar-refractivity contribution is -0.135. The molecule has 5 nitrogen and oxygen atoms in total. The summed E-state index contributed by atoms with van der Waals surface area (Å²) in [7, 11) is 0. The molecule has 1 atom stereocenters. The molecule has 0 radical (unpaired) electrons. The maximum Gasteiger partial charge on any atom is 0.239 e. The average Bonchev–Trinajstić information content (AvgIpc) is 2.47. The second kappa shape index (κ2) is 6.81. The summed E-state index contributed by atoms with van der Waals surface area (Å²) in [4.78, 5) is 20.5. The van der Waals surface area contributed by atoms with E-state index < -0.39 is 0 Å². The molecule has 1 saturated heterocycles. The van der Waals surface area contributed by atoms with Gasteiger partial charge in [-0.15, -0.1) is 0 Å². The molecule has 1 aliphatic heterocycles. The van der Waals surface area contributed by atoms with Gasteiger partial charge in [0.1, 0.15) is 0 Å². The highest BCUT2D eigenvalue weighted by molar-refractivity contribution is 5.82. The number of hydrogen-bond acceptors (Lipinski definition) is 4. The fourth-order valence-corrected chi connectivity index (χ4v) is 2.37. The summed E-state index contributed by atoms with van der Waals surface area (Å²) in [6.45, 7) is 8.18. The SMILES string of the molecule is CC(C)C(N)C(=O)N1CCN(Cc2cccnc2)CC1. The Labute approximate surface area is 120 Å². The van der Waals surface area contributed by atoms with Gasteiger partial charge in [0, 0.05) is 45.1 Å². The number of aromatic nitrogens is 1. The van der Waals surface area contributed by atoms with Gasteiger partial charge in [-0.1, -0.05) is 19.9 Å². The Bertz CT molecular complexity index is 427. The van der Waals surface area contributed by atoms with Crippen molar-refractivity contribution >= 4 is 5.91 Å². The molecule has 110 valence electrons. The molecular formula is C15H24N4O. The molecule has 2 rings (SSSR count). The van der Waals surface area contributed by atoms with Gasteiger partial charge in [0.15, 0.2) is 0 Å². The van der Waals surface area contributed by atoms with Crippen molar-refractivity contribution in [3.63, 3.8) is 0 Å². The van der Waals surface area contributed by atoms with Crippen molar-refractivity contribution in [3.05, 3.63) is 30.1 Å². The zero-order valence-corrected chi connectivity index (χ0v) is 12.3. The molecule has 1 aliphatic rings. The summed E-state index contributed by atoms with van der Waals surface area (Å²) in [5.41, 5.74) is 7.15. The van der Waals surface area contributed by atoms with Crippen molar-refractivity contribution in [1.82, 2.24) is 14.8 Å². The third-order valence-electron chi connectivity index (χ3n) is 3.82. The molecule has 5 heteroatoms. The average molecular weight is 276 g/mol. The number of nitrogens with two attached hydrogens (primary N) is 1. The second-order valence-electron chi connectivity index (χ2n) is 5.73. The number of pyridine rings is 1. The monoisotopic (exact) mass is 276 g/mol. The van der Waals surface area contributed by atoms with Crippen LogP contribution in [-0.2, 0) is 11.3 Å². The quantitative estimate of drug-likeness (QED) is 0.880. The largest absolute Gasteiger partial charge is 0.339 e. The lowest BCUT2D eigenvalue weighted by Crippen LogP contribution is -2.54. The van der Waals surface area contributed by atoms with Crippen molar-refractivity contribution in [2.45, 2.75) is 26.4 Å². The first-order chi connectivity index (χ1) is 9.58. The van der Waals surface area contributed by atoms with Crippen LogP contribution in [0.5, 0.6) is 0 Å². The summed E-state index contributed by atoms with van der Waals surface area (Å²) in [6.07, 6.45) is 3.68. The van der Waals surface area contributed by atoms with Crippen LogP contribution in [0.3, 0.4) is 0 Å². The lowest BCUT2D eigenvalue weighted by Gasteiger charge is -2.36. The number of carbonyl (C=O) groups excluding carboxylic acids is 1. The third-order valence-corrected chi connectivity index (χ3v) is 3.82.